The molecule has 124 valence electrons. The van der Waals surface area contributed by atoms with E-state index in [1.807, 2.05) is 12.1 Å². The number of rotatable bonds is 7. The van der Waals surface area contributed by atoms with Gasteiger partial charge in [0.1, 0.15) is 5.82 Å². The van der Waals surface area contributed by atoms with Gasteiger partial charge in [0.25, 0.3) is 5.91 Å². The van der Waals surface area contributed by atoms with Gasteiger partial charge in [0.15, 0.2) is 0 Å². The van der Waals surface area contributed by atoms with Gasteiger partial charge >= 0.3 is 0 Å². The van der Waals surface area contributed by atoms with Gasteiger partial charge in [0.05, 0.1) is 10.6 Å². The highest BCUT2D eigenvalue weighted by Gasteiger charge is 2.07. The van der Waals surface area contributed by atoms with E-state index in [1.165, 1.54) is 29.8 Å². The van der Waals surface area contributed by atoms with Crippen molar-refractivity contribution in [3.8, 4) is 0 Å². The smallest absolute Gasteiger partial charge is 0.257 e. The zero-order valence-corrected chi connectivity index (χ0v) is 14.3. The summed E-state index contributed by atoms with van der Waals surface area (Å²) in [6.07, 6.45) is 6.31. The third kappa shape index (κ3) is 5.35. The van der Waals surface area contributed by atoms with Gasteiger partial charge in [-0.25, -0.2) is 9.37 Å². The quantitative estimate of drug-likeness (QED) is 0.563. The summed E-state index contributed by atoms with van der Waals surface area (Å²) in [5.74, 6) is 0.232. The predicted octanol–water partition coefficient (Wildman–Crippen LogP) is 5.09. The molecule has 0 atom stereocenters. The monoisotopic (exact) mass is 342 g/mol. The van der Waals surface area contributed by atoms with Crippen LogP contribution in [0.2, 0.25) is 0 Å². The number of thioether (sulfide) groups is 1. The maximum atomic E-state index is 12.9. The number of benzene rings is 1. The Labute approximate surface area is 145 Å². The van der Waals surface area contributed by atoms with Crippen molar-refractivity contribution in [1.82, 2.24) is 4.98 Å². The number of nitrogens with one attached hydrogen (secondary N) is 1. The normalized spacial score (nSPS) is 11.2. The molecule has 0 aliphatic heterocycles. The molecule has 0 spiro atoms. The molecule has 1 heterocycles. The van der Waals surface area contributed by atoms with E-state index in [0.29, 0.717) is 11.3 Å². The van der Waals surface area contributed by atoms with Crippen molar-refractivity contribution in [2.24, 2.45) is 0 Å². The van der Waals surface area contributed by atoms with E-state index in [1.54, 1.807) is 30.1 Å². The average Bonchev–Trinajstić information content (AvgIpc) is 2.61. The van der Waals surface area contributed by atoms with Crippen LogP contribution in [0.3, 0.4) is 0 Å². The van der Waals surface area contributed by atoms with Crippen LogP contribution < -0.4 is 5.32 Å². The number of hydrogen-bond acceptors (Lipinski definition) is 3. The molecule has 0 bridgehead atoms. The molecule has 0 fully saturated rings. The third-order valence-electron chi connectivity index (χ3n) is 3.31. The van der Waals surface area contributed by atoms with Crippen LogP contribution in [0.15, 0.2) is 71.9 Å². The highest BCUT2D eigenvalue weighted by atomic mass is 32.2. The number of carbonyl (C=O) groups excluding carboxylic acids is 1. The van der Waals surface area contributed by atoms with Crippen LogP contribution in [0.5, 0.6) is 0 Å². The van der Waals surface area contributed by atoms with Crippen LogP contribution in [-0.2, 0) is 0 Å². The molecule has 0 radical (unpaired) electrons. The second-order valence-electron chi connectivity index (χ2n) is 5.05. The van der Waals surface area contributed by atoms with E-state index >= 15 is 0 Å². The number of aromatic nitrogens is 1. The molecule has 1 amide bonds. The predicted molar refractivity (Wildman–Crippen MR) is 97.9 cm³/mol. The highest BCUT2D eigenvalue weighted by molar-refractivity contribution is 7.99. The van der Waals surface area contributed by atoms with Gasteiger partial charge in [-0.3, -0.25) is 4.79 Å². The van der Waals surface area contributed by atoms with Gasteiger partial charge in [-0.1, -0.05) is 31.2 Å². The van der Waals surface area contributed by atoms with Gasteiger partial charge in [0, 0.05) is 17.6 Å². The van der Waals surface area contributed by atoms with Gasteiger partial charge in [0.2, 0.25) is 0 Å². The largest absolute Gasteiger partial charge is 0.322 e. The lowest BCUT2D eigenvalue weighted by Crippen LogP contribution is -2.12. The fourth-order valence-corrected chi connectivity index (χ4v) is 2.86. The molecule has 1 N–H and O–H groups in total. The van der Waals surface area contributed by atoms with Crippen LogP contribution in [0.4, 0.5) is 10.1 Å². The topological polar surface area (TPSA) is 42.0 Å². The lowest BCUT2D eigenvalue weighted by molar-refractivity contribution is 0.102. The summed E-state index contributed by atoms with van der Waals surface area (Å²) in [5, 5.41) is 3.57. The Morgan fingerprint density at radius 3 is 2.62 bits per heavy atom. The molecule has 3 nitrogen and oxygen atoms in total. The first-order valence-corrected chi connectivity index (χ1v) is 8.57. The average molecular weight is 342 g/mol. The summed E-state index contributed by atoms with van der Waals surface area (Å²) in [4.78, 5) is 16.4. The maximum absolute atomic E-state index is 12.9. The molecule has 2 aromatic rings. The second-order valence-corrected chi connectivity index (χ2v) is 6.04. The first-order chi connectivity index (χ1) is 11.6. The lowest BCUT2D eigenvalue weighted by atomic mass is 10.2. The van der Waals surface area contributed by atoms with Crippen LogP contribution in [0.1, 0.15) is 23.7 Å². The van der Waals surface area contributed by atoms with Gasteiger partial charge < -0.3 is 5.32 Å². The van der Waals surface area contributed by atoms with E-state index in [0.717, 1.165) is 17.2 Å². The number of carbonyl (C=O) groups is 1. The zero-order valence-electron chi connectivity index (χ0n) is 13.5. The Kier molecular flexibility index (Phi) is 6.75. The molecule has 5 heteroatoms. The van der Waals surface area contributed by atoms with Crippen molar-refractivity contribution in [2.45, 2.75) is 18.4 Å². The van der Waals surface area contributed by atoms with Crippen LogP contribution in [-0.4, -0.2) is 16.6 Å². The molecule has 0 unspecified atom stereocenters. The van der Waals surface area contributed by atoms with E-state index < -0.39 is 0 Å². The number of nitrogens with zero attached hydrogens (tertiary/aromatic N) is 1. The second kappa shape index (κ2) is 9.03. The summed E-state index contributed by atoms with van der Waals surface area (Å²) in [6.45, 7) is 5.81. The van der Waals surface area contributed by atoms with Gasteiger partial charge in [-0.05, 0) is 42.8 Å². The number of allylic oxidation sites excluding steroid dienone is 2. The Balaban J connectivity index is 1.95. The highest BCUT2D eigenvalue weighted by Crippen LogP contribution is 2.20. The molecule has 2 rings (SSSR count). The van der Waals surface area contributed by atoms with E-state index in [-0.39, 0.29) is 11.7 Å². The summed E-state index contributed by atoms with van der Waals surface area (Å²) < 4.78 is 12.9. The van der Waals surface area contributed by atoms with Crippen molar-refractivity contribution in [1.29, 1.82) is 0 Å². The SMILES string of the molecule is C=C/C=C(\CC)CSc1ccc(C(=O)Nc2ccc(F)cc2)cn1. The number of pyridine rings is 1. The van der Waals surface area contributed by atoms with E-state index in [4.69, 9.17) is 0 Å². The number of hydrogen-bond donors (Lipinski definition) is 1. The Morgan fingerprint density at radius 2 is 2.04 bits per heavy atom. The fraction of sp³-hybridized carbons (Fsp3) is 0.158. The number of amides is 1. The number of anilines is 1. The molecular weight excluding hydrogens is 323 g/mol. The van der Waals surface area contributed by atoms with E-state index in [2.05, 4.69) is 23.8 Å². The van der Waals surface area contributed by atoms with Gasteiger partial charge in [-0.2, -0.15) is 0 Å². The number of halogens is 1. The molecule has 24 heavy (non-hydrogen) atoms. The minimum absolute atomic E-state index is 0.272. The maximum Gasteiger partial charge on any atom is 0.257 e. The molecule has 1 aromatic carbocycles. The van der Waals surface area contributed by atoms with Crippen molar-refractivity contribution < 1.29 is 9.18 Å². The summed E-state index contributed by atoms with van der Waals surface area (Å²) in [5.41, 5.74) is 2.29. The Morgan fingerprint density at radius 1 is 1.29 bits per heavy atom. The molecule has 1 aromatic heterocycles. The van der Waals surface area contributed by atoms with Gasteiger partial charge in [-0.15, -0.1) is 11.8 Å². The van der Waals surface area contributed by atoms with Crippen LogP contribution in [0, 0.1) is 5.82 Å². The standard InChI is InChI=1S/C19H19FN2OS/c1-3-5-14(4-2)13-24-18-11-6-15(12-21-18)19(23)22-17-9-7-16(20)8-10-17/h3,5-12H,1,4,13H2,2H3,(H,22,23)/b14-5+. The fourth-order valence-electron chi connectivity index (χ4n) is 1.94. The summed E-state index contributed by atoms with van der Waals surface area (Å²) >= 11 is 1.62. The first kappa shape index (κ1) is 17.9. The third-order valence-corrected chi connectivity index (χ3v) is 4.37. The summed E-state index contributed by atoms with van der Waals surface area (Å²) in [7, 11) is 0. The van der Waals surface area contributed by atoms with Crippen molar-refractivity contribution >= 4 is 23.4 Å². The molecule has 0 saturated heterocycles. The first-order valence-electron chi connectivity index (χ1n) is 7.58. The minimum Gasteiger partial charge on any atom is -0.322 e. The lowest BCUT2D eigenvalue weighted by Gasteiger charge is -2.06. The van der Waals surface area contributed by atoms with Crippen molar-refractivity contribution in [3.63, 3.8) is 0 Å². The molecule has 0 saturated carbocycles. The van der Waals surface area contributed by atoms with Crippen LogP contribution >= 0.6 is 11.8 Å². The minimum atomic E-state index is -0.340. The van der Waals surface area contributed by atoms with E-state index in [9.17, 15) is 9.18 Å². The van der Waals surface area contributed by atoms with Crippen LogP contribution in [0.25, 0.3) is 0 Å². The Hall–Kier alpha value is -2.40. The molecule has 0 aliphatic carbocycles. The summed E-state index contributed by atoms with van der Waals surface area (Å²) in [6, 6.07) is 9.19. The zero-order chi connectivity index (χ0) is 17.4. The van der Waals surface area contributed by atoms with Crippen molar-refractivity contribution in [2.75, 3.05) is 11.1 Å². The van der Waals surface area contributed by atoms with Crippen molar-refractivity contribution in [3.05, 3.63) is 78.3 Å². The molecular formula is C19H19FN2OS. The molecule has 0 aliphatic rings. The Bertz CT molecular complexity index is 724.